The maximum atomic E-state index is 8.99. The molecule has 0 N–H and O–H groups in total. The Labute approximate surface area is 284 Å². The lowest BCUT2D eigenvalue weighted by Crippen LogP contribution is -2.03. The topological polar surface area (TPSA) is 14.8 Å². The van der Waals surface area contributed by atoms with E-state index in [-0.39, 0.29) is 119 Å². The fraction of sp³-hybridized carbons (Fsp3) is 0. The van der Waals surface area contributed by atoms with Crippen molar-refractivity contribution >= 4 is 65.4 Å². The molecule has 0 radical (unpaired) electrons. The summed E-state index contributed by atoms with van der Waals surface area (Å²) in [6.07, 6.45) is 0. The average Bonchev–Trinajstić information content (AvgIpc) is 3.86. The normalized spacial score (nSPS) is 17.6. The molecular weight excluding hydrogens is 546 g/mol. The molecule has 3 nitrogen and oxygen atoms in total. The van der Waals surface area contributed by atoms with Gasteiger partial charge in [0.1, 0.15) is 0 Å². The summed E-state index contributed by atoms with van der Waals surface area (Å²) < 4.78 is 162. The molecule has 45 heavy (non-hydrogen) atoms. The fourth-order valence-electron chi connectivity index (χ4n) is 6.43. The van der Waals surface area contributed by atoms with E-state index in [9.17, 15) is 0 Å². The summed E-state index contributed by atoms with van der Waals surface area (Å²) in [4.78, 5) is 0. The van der Waals surface area contributed by atoms with Crippen molar-refractivity contribution in [2.45, 2.75) is 0 Å². The first-order valence-corrected chi connectivity index (χ1v) is 14.0. The van der Waals surface area contributed by atoms with E-state index in [0.717, 1.165) is 0 Å². The SMILES string of the molecule is [2H]c1cc2c(c([2H])c1[2H])c1c([2H])c([2H])c([2H])cc1n2-c1cc(-n2c3cc([2H])c([2H])c([2H])c3c3c([2H])c([2H])c([2H])cc32)cc(-n2c3cc([2H])c([2H])c([2H])c3c3c([2H])c([2H])c([2H])cc32)c1. The molecule has 0 saturated carbocycles. The van der Waals surface area contributed by atoms with Crippen LogP contribution in [0.2, 0.25) is 0 Å². The Morgan fingerprint density at radius 3 is 0.689 bits per heavy atom. The van der Waals surface area contributed by atoms with Crippen LogP contribution in [0.4, 0.5) is 0 Å². The second kappa shape index (κ2) is 9.22. The molecule has 210 valence electrons. The molecule has 10 aromatic rings. The van der Waals surface area contributed by atoms with E-state index >= 15 is 0 Å². The highest BCUT2D eigenvalue weighted by Crippen LogP contribution is 2.38. The number of hydrogen-bond donors (Lipinski definition) is 0. The van der Waals surface area contributed by atoms with E-state index in [1.807, 2.05) is 0 Å². The molecule has 0 unspecified atom stereocenters. The van der Waals surface area contributed by atoms with Gasteiger partial charge in [0.25, 0.3) is 0 Å². The molecule has 0 spiro atoms. The first-order valence-electron chi connectivity index (χ1n) is 23.0. The van der Waals surface area contributed by atoms with Crippen molar-refractivity contribution in [3.63, 3.8) is 0 Å². The molecule has 3 heteroatoms. The fourth-order valence-corrected chi connectivity index (χ4v) is 6.43. The number of para-hydroxylation sites is 6. The van der Waals surface area contributed by atoms with Crippen LogP contribution in [0.5, 0.6) is 0 Å². The van der Waals surface area contributed by atoms with Crippen LogP contribution in [0.3, 0.4) is 0 Å². The van der Waals surface area contributed by atoms with Gasteiger partial charge in [0.15, 0.2) is 0 Å². The van der Waals surface area contributed by atoms with Crippen LogP contribution in [0.15, 0.2) is 163 Å². The van der Waals surface area contributed by atoms with Gasteiger partial charge < -0.3 is 13.7 Å². The van der Waals surface area contributed by atoms with E-state index in [2.05, 4.69) is 0 Å². The highest BCUT2D eigenvalue weighted by Gasteiger charge is 2.19. The van der Waals surface area contributed by atoms with Crippen molar-refractivity contribution in [3.05, 3.63) is 163 Å². The first kappa shape index (κ1) is 12.9. The summed E-state index contributed by atoms with van der Waals surface area (Å²) in [5.41, 5.74) is 1.42. The van der Waals surface area contributed by atoms with Gasteiger partial charge in [0.2, 0.25) is 0 Å². The second-order valence-electron chi connectivity index (χ2n) is 10.5. The zero-order chi connectivity index (χ0) is 45.1. The lowest BCUT2D eigenvalue weighted by atomic mass is 10.2. The third-order valence-corrected chi connectivity index (χ3v) is 8.21. The predicted octanol–water partition coefficient (Wildman–Crippen LogP) is 11.0. The Morgan fingerprint density at radius 1 is 0.289 bits per heavy atom. The van der Waals surface area contributed by atoms with Gasteiger partial charge in [0.05, 0.1) is 74.8 Å². The standard InChI is InChI=1S/C42H27N3/c1-7-19-37-31(13-1)32-14-2-8-20-38(32)43(37)28-25-29(44-39-21-9-3-15-33(39)34-16-4-10-22-40(34)44)27-30(26-28)45-41-23-11-5-17-35(41)36-18-6-12-24-42(36)45/h1-27H/i1D,2D,3D,4D,5D,6D,7D,8D,9D,10D,11D,12D,13D,14D,15D,16D,17D,18D. The molecule has 3 heterocycles. The molecule has 10 rings (SSSR count). The van der Waals surface area contributed by atoms with Gasteiger partial charge in [-0.15, -0.1) is 0 Å². The Hall–Kier alpha value is -6.06. The third kappa shape index (κ3) is 3.41. The Bertz CT molecular complexity index is 3170. The van der Waals surface area contributed by atoms with Gasteiger partial charge in [-0.2, -0.15) is 0 Å². The van der Waals surface area contributed by atoms with E-state index in [4.69, 9.17) is 24.7 Å². The van der Waals surface area contributed by atoms with Crippen LogP contribution in [-0.4, -0.2) is 13.7 Å². The van der Waals surface area contributed by atoms with E-state index < -0.39 is 72.5 Å². The van der Waals surface area contributed by atoms with Crippen LogP contribution in [-0.2, 0) is 0 Å². The van der Waals surface area contributed by atoms with Gasteiger partial charge in [-0.25, -0.2) is 0 Å². The number of benzene rings is 7. The van der Waals surface area contributed by atoms with E-state index in [1.165, 1.54) is 50.1 Å². The van der Waals surface area contributed by atoms with Gasteiger partial charge >= 0.3 is 0 Å². The van der Waals surface area contributed by atoms with Crippen LogP contribution < -0.4 is 0 Å². The summed E-state index contributed by atoms with van der Waals surface area (Å²) in [5.74, 6) is 0. The number of hydrogen-bond acceptors (Lipinski definition) is 0. The van der Waals surface area contributed by atoms with E-state index in [0.29, 0.717) is 0 Å². The Morgan fingerprint density at radius 2 is 0.489 bits per heavy atom. The van der Waals surface area contributed by atoms with Crippen LogP contribution in [0.25, 0.3) is 82.5 Å². The monoisotopic (exact) mass is 591 g/mol. The van der Waals surface area contributed by atoms with Gasteiger partial charge in [-0.05, 0) is 54.6 Å². The summed E-state index contributed by atoms with van der Waals surface area (Å²) >= 11 is 0. The zero-order valence-electron chi connectivity index (χ0n) is 41.0. The van der Waals surface area contributed by atoms with Crippen molar-refractivity contribution in [1.29, 1.82) is 0 Å². The summed E-state index contributed by atoms with van der Waals surface area (Å²) in [5, 5.41) is 0.294. The molecule has 0 aliphatic carbocycles. The Balaban J connectivity index is 1.48. The molecule has 0 fully saturated rings. The lowest BCUT2D eigenvalue weighted by molar-refractivity contribution is 1.10. The molecule has 0 atom stereocenters. The molecular formula is C42H27N3. The molecule has 7 aromatic carbocycles. The van der Waals surface area contributed by atoms with Crippen molar-refractivity contribution < 1.29 is 24.7 Å². The zero-order valence-corrected chi connectivity index (χ0v) is 23.0. The van der Waals surface area contributed by atoms with Crippen molar-refractivity contribution in [3.8, 4) is 17.1 Å². The summed E-state index contributed by atoms with van der Waals surface area (Å²) in [7, 11) is 0. The lowest BCUT2D eigenvalue weighted by Gasteiger charge is -2.17. The number of aromatic nitrogens is 3. The average molecular weight is 592 g/mol. The molecule has 0 aliphatic heterocycles. The van der Waals surface area contributed by atoms with Crippen molar-refractivity contribution in [2.24, 2.45) is 0 Å². The third-order valence-electron chi connectivity index (χ3n) is 8.21. The first-order chi connectivity index (χ1) is 29.7. The molecule has 3 aromatic heterocycles. The summed E-state index contributed by atoms with van der Waals surface area (Å²) in [6.45, 7) is 0. The largest absolute Gasteiger partial charge is 0.309 e. The minimum absolute atomic E-state index is 0.0489. The number of nitrogens with zero attached hydrogens (tertiary/aromatic N) is 3. The molecule has 0 bridgehead atoms. The van der Waals surface area contributed by atoms with Gasteiger partial charge in [-0.3, -0.25) is 0 Å². The maximum Gasteiger partial charge on any atom is 0.0630 e. The van der Waals surface area contributed by atoms with Gasteiger partial charge in [0, 0.05) is 32.3 Å². The highest BCUT2D eigenvalue weighted by atomic mass is 15.0. The van der Waals surface area contributed by atoms with Gasteiger partial charge in [-0.1, -0.05) is 109 Å². The van der Waals surface area contributed by atoms with Crippen LogP contribution >= 0.6 is 0 Å². The predicted molar refractivity (Wildman–Crippen MR) is 189 cm³/mol. The van der Waals surface area contributed by atoms with Crippen LogP contribution in [0.1, 0.15) is 24.7 Å². The second-order valence-corrected chi connectivity index (χ2v) is 10.5. The quantitative estimate of drug-likeness (QED) is 0.194. The van der Waals surface area contributed by atoms with E-state index in [1.54, 1.807) is 18.2 Å². The minimum atomic E-state index is -0.443. The molecule has 0 amide bonds. The highest BCUT2D eigenvalue weighted by molar-refractivity contribution is 6.12. The van der Waals surface area contributed by atoms with Crippen molar-refractivity contribution in [1.82, 2.24) is 13.7 Å². The summed E-state index contributed by atoms with van der Waals surface area (Å²) in [6, 6.07) is 5.58. The number of fused-ring (bicyclic) bond motifs is 9. The van der Waals surface area contributed by atoms with Crippen molar-refractivity contribution in [2.75, 3.05) is 0 Å². The minimum Gasteiger partial charge on any atom is -0.309 e. The van der Waals surface area contributed by atoms with Crippen LogP contribution in [0, 0.1) is 0 Å². The molecule has 0 aliphatic rings. The smallest absolute Gasteiger partial charge is 0.0630 e. The Kier molecular flexibility index (Phi) is 2.64. The molecule has 0 saturated heterocycles. The maximum absolute atomic E-state index is 8.99. The number of rotatable bonds is 3.